The summed E-state index contributed by atoms with van der Waals surface area (Å²) in [4.78, 5) is 8.13. The lowest BCUT2D eigenvalue weighted by Crippen LogP contribution is -2.11. The van der Waals surface area contributed by atoms with E-state index in [-0.39, 0.29) is 11.0 Å². The molecule has 2 rings (SSSR count). The van der Waals surface area contributed by atoms with Gasteiger partial charge in [-0.05, 0) is 35.0 Å². The molecule has 0 radical (unpaired) electrons. The van der Waals surface area contributed by atoms with Gasteiger partial charge in [0.1, 0.15) is 11.6 Å². The fourth-order valence-corrected chi connectivity index (χ4v) is 2.32. The lowest BCUT2D eigenvalue weighted by molar-refractivity contribution is 0.627. The van der Waals surface area contributed by atoms with Gasteiger partial charge in [-0.1, -0.05) is 11.6 Å². The van der Waals surface area contributed by atoms with E-state index in [1.807, 2.05) is 6.92 Å². The molecule has 0 aliphatic carbocycles. The average molecular weight is 347 g/mol. The Morgan fingerprint density at radius 3 is 2.79 bits per heavy atom. The standard InChI is InChI=1S/C11H10BrClFN5/c1-5-4-16-11(19-15)18-10(5)17-9-7(12)2-6(14)3-8(9)13/h2-4H,15H2,1H3,(H2,16,17,18,19). The molecule has 19 heavy (non-hydrogen) atoms. The van der Waals surface area contributed by atoms with Crippen LogP contribution in [0.2, 0.25) is 5.02 Å². The zero-order valence-corrected chi connectivity index (χ0v) is 12.2. The lowest BCUT2D eigenvalue weighted by atomic mass is 10.3. The number of benzene rings is 1. The topological polar surface area (TPSA) is 75.9 Å². The van der Waals surface area contributed by atoms with Gasteiger partial charge in [0.2, 0.25) is 5.95 Å². The Labute approximate surface area is 122 Å². The SMILES string of the molecule is Cc1cnc(NN)nc1Nc1c(Cl)cc(F)cc1Br. The second-order valence-corrected chi connectivity index (χ2v) is 5.00. The van der Waals surface area contributed by atoms with Gasteiger partial charge in [-0.25, -0.2) is 15.2 Å². The van der Waals surface area contributed by atoms with Gasteiger partial charge >= 0.3 is 0 Å². The number of hydrogen-bond acceptors (Lipinski definition) is 5. The lowest BCUT2D eigenvalue weighted by Gasteiger charge is -2.12. The number of aryl methyl sites for hydroxylation is 1. The first-order valence-electron chi connectivity index (χ1n) is 5.23. The third-order valence-electron chi connectivity index (χ3n) is 2.35. The maximum absolute atomic E-state index is 13.2. The van der Waals surface area contributed by atoms with Crippen LogP contribution in [-0.2, 0) is 0 Å². The third-order valence-corrected chi connectivity index (χ3v) is 3.27. The van der Waals surface area contributed by atoms with E-state index in [0.29, 0.717) is 16.0 Å². The van der Waals surface area contributed by atoms with Gasteiger partial charge < -0.3 is 5.32 Å². The minimum atomic E-state index is -0.425. The van der Waals surface area contributed by atoms with Crippen molar-refractivity contribution < 1.29 is 4.39 Å². The molecule has 1 heterocycles. The van der Waals surface area contributed by atoms with Crippen molar-refractivity contribution in [2.45, 2.75) is 6.92 Å². The van der Waals surface area contributed by atoms with Crippen LogP contribution in [0.4, 0.5) is 21.8 Å². The van der Waals surface area contributed by atoms with Gasteiger partial charge in [-0.3, -0.25) is 5.43 Å². The average Bonchev–Trinajstić information content (AvgIpc) is 2.35. The van der Waals surface area contributed by atoms with E-state index in [1.165, 1.54) is 12.1 Å². The van der Waals surface area contributed by atoms with Crippen molar-refractivity contribution in [1.82, 2.24) is 9.97 Å². The first kappa shape index (κ1) is 14.0. The number of hydrogen-bond donors (Lipinski definition) is 3. The fraction of sp³-hybridized carbons (Fsp3) is 0.0909. The van der Waals surface area contributed by atoms with Gasteiger partial charge in [-0.2, -0.15) is 4.98 Å². The maximum Gasteiger partial charge on any atom is 0.239 e. The van der Waals surface area contributed by atoms with Crippen molar-refractivity contribution in [2.24, 2.45) is 5.84 Å². The van der Waals surface area contributed by atoms with Crippen molar-refractivity contribution >= 4 is 45.0 Å². The summed E-state index contributed by atoms with van der Waals surface area (Å²) in [6.45, 7) is 1.83. The first-order valence-corrected chi connectivity index (χ1v) is 6.40. The van der Waals surface area contributed by atoms with Crippen molar-refractivity contribution in [3.63, 3.8) is 0 Å². The number of anilines is 3. The highest BCUT2D eigenvalue weighted by molar-refractivity contribution is 9.10. The van der Waals surface area contributed by atoms with E-state index in [0.717, 1.165) is 5.56 Å². The summed E-state index contributed by atoms with van der Waals surface area (Å²) < 4.78 is 13.6. The highest BCUT2D eigenvalue weighted by Gasteiger charge is 2.11. The third kappa shape index (κ3) is 3.12. The maximum atomic E-state index is 13.2. The molecule has 0 saturated heterocycles. The van der Waals surface area contributed by atoms with Gasteiger partial charge in [0, 0.05) is 16.2 Å². The van der Waals surface area contributed by atoms with E-state index >= 15 is 0 Å². The van der Waals surface area contributed by atoms with Gasteiger partial charge in [0.05, 0.1) is 10.7 Å². The van der Waals surface area contributed by atoms with Crippen LogP contribution in [0, 0.1) is 12.7 Å². The van der Waals surface area contributed by atoms with Crippen LogP contribution in [0.5, 0.6) is 0 Å². The molecule has 8 heteroatoms. The molecule has 0 bridgehead atoms. The quantitative estimate of drug-likeness (QED) is 0.587. The molecular formula is C11H10BrClFN5. The highest BCUT2D eigenvalue weighted by atomic mass is 79.9. The number of nitrogens with one attached hydrogen (secondary N) is 2. The zero-order chi connectivity index (χ0) is 14.0. The minimum absolute atomic E-state index is 0.243. The summed E-state index contributed by atoms with van der Waals surface area (Å²) >= 11 is 9.24. The van der Waals surface area contributed by atoms with Crippen LogP contribution in [0.15, 0.2) is 22.8 Å². The minimum Gasteiger partial charge on any atom is -0.338 e. The molecule has 2 aromatic rings. The molecule has 0 aliphatic rings. The molecule has 0 fully saturated rings. The van der Waals surface area contributed by atoms with Crippen LogP contribution in [-0.4, -0.2) is 9.97 Å². The van der Waals surface area contributed by atoms with E-state index < -0.39 is 5.82 Å². The molecule has 0 aliphatic heterocycles. The van der Waals surface area contributed by atoms with E-state index in [9.17, 15) is 4.39 Å². The Hall–Kier alpha value is -1.44. The van der Waals surface area contributed by atoms with Crippen LogP contribution >= 0.6 is 27.5 Å². The number of halogens is 3. The number of aromatic nitrogens is 2. The number of rotatable bonds is 3. The molecule has 1 aromatic carbocycles. The van der Waals surface area contributed by atoms with Crippen molar-refractivity contribution in [2.75, 3.05) is 10.7 Å². The van der Waals surface area contributed by atoms with Crippen molar-refractivity contribution in [3.8, 4) is 0 Å². The molecule has 0 saturated carbocycles. The van der Waals surface area contributed by atoms with Gasteiger partial charge in [-0.15, -0.1) is 0 Å². The van der Waals surface area contributed by atoms with E-state index in [4.69, 9.17) is 17.4 Å². The second-order valence-electron chi connectivity index (χ2n) is 3.74. The molecule has 0 spiro atoms. The molecule has 0 unspecified atom stereocenters. The smallest absolute Gasteiger partial charge is 0.239 e. The molecule has 0 amide bonds. The van der Waals surface area contributed by atoms with Crippen molar-refractivity contribution in [1.29, 1.82) is 0 Å². The number of hydrazine groups is 1. The molecule has 1 aromatic heterocycles. The largest absolute Gasteiger partial charge is 0.338 e. The van der Waals surface area contributed by atoms with Gasteiger partial charge in [0.25, 0.3) is 0 Å². The number of nitrogens with two attached hydrogens (primary N) is 1. The molecule has 100 valence electrons. The van der Waals surface area contributed by atoms with E-state index in [1.54, 1.807) is 6.20 Å². The second kappa shape index (κ2) is 5.68. The number of nitrogens with zero attached hydrogens (tertiary/aromatic N) is 2. The van der Waals surface area contributed by atoms with Crippen LogP contribution in [0.25, 0.3) is 0 Å². The Balaban J connectivity index is 2.41. The first-order chi connectivity index (χ1) is 9.01. The van der Waals surface area contributed by atoms with E-state index in [2.05, 4.69) is 36.6 Å². The molecule has 0 atom stereocenters. The zero-order valence-electron chi connectivity index (χ0n) is 9.84. The van der Waals surface area contributed by atoms with Crippen LogP contribution < -0.4 is 16.6 Å². The molecule has 5 nitrogen and oxygen atoms in total. The molecule has 4 N–H and O–H groups in total. The Bertz CT molecular complexity index is 599. The Kier molecular flexibility index (Phi) is 4.18. The van der Waals surface area contributed by atoms with Crippen LogP contribution in [0.3, 0.4) is 0 Å². The normalized spacial score (nSPS) is 10.4. The summed E-state index contributed by atoms with van der Waals surface area (Å²) in [5, 5.41) is 3.26. The monoisotopic (exact) mass is 345 g/mol. The predicted octanol–water partition coefficient (Wildman–Crippen LogP) is 3.37. The molecular weight excluding hydrogens is 337 g/mol. The van der Waals surface area contributed by atoms with Crippen LogP contribution in [0.1, 0.15) is 5.56 Å². The van der Waals surface area contributed by atoms with Crippen molar-refractivity contribution in [3.05, 3.63) is 39.2 Å². The highest BCUT2D eigenvalue weighted by Crippen LogP contribution is 2.34. The summed E-state index contributed by atoms with van der Waals surface area (Å²) in [5.74, 6) is 5.62. The number of nitrogen functional groups attached to an aromatic ring is 1. The fourth-order valence-electron chi connectivity index (χ4n) is 1.42. The van der Waals surface area contributed by atoms with Gasteiger partial charge in [0.15, 0.2) is 0 Å². The summed E-state index contributed by atoms with van der Waals surface area (Å²) in [7, 11) is 0. The Morgan fingerprint density at radius 1 is 1.42 bits per heavy atom. The summed E-state index contributed by atoms with van der Waals surface area (Å²) in [6, 6.07) is 2.53. The predicted molar refractivity (Wildman–Crippen MR) is 77.0 cm³/mol. The summed E-state index contributed by atoms with van der Waals surface area (Å²) in [5.41, 5.74) is 3.67. The summed E-state index contributed by atoms with van der Waals surface area (Å²) in [6.07, 6.45) is 1.61. The Morgan fingerprint density at radius 2 is 2.16 bits per heavy atom.